The number of anilines is 3. The lowest BCUT2D eigenvalue weighted by Crippen LogP contribution is -2.16. The zero-order valence-electron chi connectivity index (χ0n) is 15.6. The fourth-order valence-corrected chi connectivity index (χ4v) is 2.45. The summed E-state index contributed by atoms with van der Waals surface area (Å²) in [5.74, 6) is -0.529. The molecule has 0 radical (unpaired) electrons. The Labute approximate surface area is 162 Å². The van der Waals surface area contributed by atoms with Crippen molar-refractivity contribution in [2.75, 3.05) is 17.2 Å². The molecule has 0 spiro atoms. The number of hydrogen-bond acceptors (Lipinski definition) is 6. The number of hydrogen-bond donors (Lipinski definition) is 2. The number of ether oxygens (including phenoxy) is 1. The van der Waals surface area contributed by atoms with Crippen molar-refractivity contribution >= 4 is 29.2 Å². The summed E-state index contributed by atoms with van der Waals surface area (Å²) in [5, 5.41) is 5.77. The second kappa shape index (κ2) is 8.77. The van der Waals surface area contributed by atoms with Gasteiger partial charge in [0.1, 0.15) is 0 Å². The van der Waals surface area contributed by atoms with Crippen molar-refractivity contribution in [1.82, 2.24) is 9.97 Å². The predicted octanol–water partition coefficient (Wildman–Crippen LogP) is 3.96. The number of carbonyl (C=O) groups excluding carboxylic acids is 2. The Morgan fingerprint density at radius 3 is 2.36 bits per heavy atom. The maximum absolute atomic E-state index is 12.5. The van der Waals surface area contributed by atoms with Gasteiger partial charge in [0.2, 0.25) is 5.95 Å². The van der Waals surface area contributed by atoms with E-state index in [0.717, 1.165) is 11.3 Å². The smallest absolute Gasteiger partial charge is 0.340 e. The maximum atomic E-state index is 12.5. The van der Waals surface area contributed by atoms with Crippen LogP contribution in [-0.4, -0.2) is 28.5 Å². The number of rotatable bonds is 6. The molecule has 0 aliphatic heterocycles. The summed E-state index contributed by atoms with van der Waals surface area (Å²) in [6.45, 7) is 3.99. The summed E-state index contributed by atoms with van der Waals surface area (Å²) in [4.78, 5) is 32.8. The quantitative estimate of drug-likeness (QED) is 0.633. The van der Waals surface area contributed by atoms with Crippen molar-refractivity contribution in [1.29, 1.82) is 0 Å². The van der Waals surface area contributed by atoms with E-state index in [0.29, 0.717) is 11.6 Å². The van der Waals surface area contributed by atoms with Crippen LogP contribution >= 0.6 is 0 Å². The second-order valence-corrected chi connectivity index (χ2v) is 6.01. The topological polar surface area (TPSA) is 93.2 Å². The summed E-state index contributed by atoms with van der Waals surface area (Å²) in [5.41, 5.74) is 2.94. The number of aryl methyl sites for hydroxylation is 1. The molecule has 0 fully saturated rings. The number of para-hydroxylation sites is 1. The molecule has 0 saturated heterocycles. The van der Waals surface area contributed by atoms with Crippen LogP contribution in [0.4, 0.5) is 17.3 Å². The SMILES string of the molecule is CCOC(=O)c1ccccc1NC(=O)c1cnc(Nc2ccc(C)cc2)nc1. The van der Waals surface area contributed by atoms with Crippen LogP contribution in [0.25, 0.3) is 0 Å². The summed E-state index contributed by atoms with van der Waals surface area (Å²) < 4.78 is 5.01. The lowest BCUT2D eigenvalue weighted by atomic mass is 10.1. The molecule has 0 bridgehead atoms. The van der Waals surface area contributed by atoms with E-state index in [9.17, 15) is 9.59 Å². The van der Waals surface area contributed by atoms with Crippen LogP contribution in [0.5, 0.6) is 0 Å². The highest BCUT2D eigenvalue weighted by atomic mass is 16.5. The van der Waals surface area contributed by atoms with Crippen molar-refractivity contribution in [2.24, 2.45) is 0 Å². The van der Waals surface area contributed by atoms with Gasteiger partial charge in [-0.05, 0) is 38.1 Å². The highest BCUT2D eigenvalue weighted by Crippen LogP contribution is 2.18. The van der Waals surface area contributed by atoms with Gasteiger partial charge in [0, 0.05) is 18.1 Å². The van der Waals surface area contributed by atoms with E-state index in [4.69, 9.17) is 4.74 Å². The van der Waals surface area contributed by atoms with Crippen molar-refractivity contribution < 1.29 is 14.3 Å². The average molecular weight is 376 g/mol. The van der Waals surface area contributed by atoms with E-state index in [-0.39, 0.29) is 17.7 Å². The third-order valence-electron chi connectivity index (χ3n) is 3.89. The summed E-state index contributed by atoms with van der Waals surface area (Å²) in [6.07, 6.45) is 2.84. The number of esters is 1. The summed E-state index contributed by atoms with van der Waals surface area (Å²) in [7, 11) is 0. The van der Waals surface area contributed by atoms with Gasteiger partial charge >= 0.3 is 5.97 Å². The zero-order valence-corrected chi connectivity index (χ0v) is 15.6. The predicted molar refractivity (Wildman–Crippen MR) is 107 cm³/mol. The largest absolute Gasteiger partial charge is 0.462 e. The van der Waals surface area contributed by atoms with Crippen LogP contribution in [0, 0.1) is 6.92 Å². The van der Waals surface area contributed by atoms with Crippen molar-refractivity contribution in [2.45, 2.75) is 13.8 Å². The molecule has 142 valence electrons. The van der Waals surface area contributed by atoms with Gasteiger partial charge in [-0.15, -0.1) is 0 Å². The number of benzene rings is 2. The van der Waals surface area contributed by atoms with Crippen LogP contribution < -0.4 is 10.6 Å². The Morgan fingerprint density at radius 2 is 1.68 bits per heavy atom. The van der Waals surface area contributed by atoms with Gasteiger partial charge in [0.05, 0.1) is 23.4 Å². The molecular weight excluding hydrogens is 356 g/mol. The van der Waals surface area contributed by atoms with E-state index < -0.39 is 11.9 Å². The molecule has 7 nitrogen and oxygen atoms in total. The Kier molecular flexibility index (Phi) is 5.96. The lowest BCUT2D eigenvalue weighted by Gasteiger charge is -2.10. The molecule has 28 heavy (non-hydrogen) atoms. The molecule has 2 N–H and O–H groups in total. The third-order valence-corrected chi connectivity index (χ3v) is 3.89. The summed E-state index contributed by atoms with van der Waals surface area (Å²) >= 11 is 0. The van der Waals surface area contributed by atoms with E-state index >= 15 is 0 Å². The van der Waals surface area contributed by atoms with Crippen LogP contribution in [0.3, 0.4) is 0 Å². The second-order valence-electron chi connectivity index (χ2n) is 6.01. The molecule has 0 aliphatic rings. The molecule has 1 heterocycles. The van der Waals surface area contributed by atoms with Gasteiger partial charge in [-0.2, -0.15) is 0 Å². The fraction of sp³-hybridized carbons (Fsp3) is 0.143. The van der Waals surface area contributed by atoms with Gasteiger partial charge in [0.25, 0.3) is 5.91 Å². The van der Waals surface area contributed by atoms with E-state index in [1.165, 1.54) is 12.4 Å². The molecule has 1 amide bonds. The molecule has 3 rings (SSSR count). The van der Waals surface area contributed by atoms with Gasteiger partial charge < -0.3 is 15.4 Å². The van der Waals surface area contributed by atoms with Gasteiger partial charge in [-0.3, -0.25) is 4.79 Å². The normalized spacial score (nSPS) is 10.2. The van der Waals surface area contributed by atoms with Crippen LogP contribution in [-0.2, 0) is 4.74 Å². The maximum Gasteiger partial charge on any atom is 0.340 e. The minimum atomic E-state index is -0.493. The van der Waals surface area contributed by atoms with Gasteiger partial charge in [0.15, 0.2) is 0 Å². The van der Waals surface area contributed by atoms with Crippen LogP contribution in [0.15, 0.2) is 60.9 Å². The molecular formula is C21H20N4O3. The average Bonchev–Trinajstić information content (AvgIpc) is 2.71. The fourth-order valence-electron chi connectivity index (χ4n) is 2.45. The molecule has 1 aromatic heterocycles. The Morgan fingerprint density at radius 1 is 1.00 bits per heavy atom. The van der Waals surface area contributed by atoms with Crippen molar-refractivity contribution in [3.8, 4) is 0 Å². The molecule has 0 atom stereocenters. The zero-order chi connectivity index (χ0) is 19.9. The van der Waals surface area contributed by atoms with E-state index in [1.54, 1.807) is 31.2 Å². The third kappa shape index (κ3) is 4.70. The van der Waals surface area contributed by atoms with E-state index in [2.05, 4.69) is 20.6 Å². The molecule has 0 unspecified atom stereocenters. The first-order valence-electron chi connectivity index (χ1n) is 8.80. The Hall–Kier alpha value is -3.74. The van der Waals surface area contributed by atoms with Crippen molar-refractivity contribution in [3.05, 3.63) is 77.6 Å². The first kappa shape index (κ1) is 19.0. The highest BCUT2D eigenvalue weighted by Gasteiger charge is 2.15. The number of nitrogens with zero attached hydrogens (tertiary/aromatic N) is 2. The standard InChI is InChI=1S/C21H20N4O3/c1-3-28-20(27)17-6-4-5-7-18(17)25-19(26)15-12-22-21(23-13-15)24-16-10-8-14(2)9-11-16/h4-13H,3H2,1-2H3,(H,25,26)(H,22,23,24). The van der Waals surface area contributed by atoms with Crippen molar-refractivity contribution in [3.63, 3.8) is 0 Å². The summed E-state index contributed by atoms with van der Waals surface area (Å²) in [6, 6.07) is 14.5. The van der Waals surface area contributed by atoms with Gasteiger partial charge in [-0.25, -0.2) is 14.8 Å². The Balaban J connectivity index is 1.70. The first-order chi connectivity index (χ1) is 13.6. The minimum absolute atomic E-state index is 0.254. The highest BCUT2D eigenvalue weighted by molar-refractivity contribution is 6.07. The van der Waals surface area contributed by atoms with Gasteiger partial charge in [-0.1, -0.05) is 29.8 Å². The molecule has 0 aliphatic carbocycles. The number of amides is 1. The number of nitrogens with one attached hydrogen (secondary N) is 2. The number of aromatic nitrogens is 2. The molecule has 3 aromatic rings. The lowest BCUT2D eigenvalue weighted by molar-refractivity contribution is 0.0527. The number of carbonyl (C=O) groups is 2. The minimum Gasteiger partial charge on any atom is -0.462 e. The molecule has 7 heteroatoms. The van der Waals surface area contributed by atoms with Crippen LogP contribution in [0.2, 0.25) is 0 Å². The molecule has 0 saturated carbocycles. The first-order valence-corrected chi connectivity index (χ1v) is 8.80. The Bertz CT molecular complexity index is 970. The monoisotopic (exact) mass is 376 g/mol. The van der Waals surface area contributed by atoms with Crippen LogP contribution in [0.1, 0.15) is 33.2 Å². The molecule has 2 aromatic carbocycles. The van der Waals surface area contributed by atoms with E-state index in [1.807, 2.05) is 31.2 Å².